The molecule has 1 aliphatic carbocycles. The molecule has 1 N–H and O–H groups in total. The first-order valence-electron chi connectivity index (χ1n) is 13.6. The highest BCUT2D eigenvalue weighted by Gasteiger charge is 2.39. The van der Waals surface area contributed by atoms with E-state index in [0.29, 0.717) is 6.54 Å². The van der Waals surface area contributed by atoms with Gasteiger partial charge in [-0.3, -0.25) is 4.79 Å². The number of hydrogen-bond donors (Lipinski definition) is 1. The van der Waals surface area contributed by atoms with Crippen molar-refractivity contribution in [3.05, 3.63) is 90.5 Å². The summed E-state index contributed by atoms with van der Waals surface area (Å²) in [7, 11) is -1.93. The summed E-state index contributed by atoms with van der Waals surface area (Å²) in [6, 6.07) is 29.3. The number of nitrogens with one attached hydrogen (secondary N) is 1. The average molecular weight is 515 g/mol. The smallest absolute Gasteiger partial charge is 0.250 e. The van der Waals surface area contributed by atoms with Gasteiger partial charge in [0, 0.05) is 23.8 Å². The number of hydrogen-bond acceptors (Lipinski definition) is 3. The molecule has 4 nitrogen and oxygen atoms in total. The van der Waals surface area contributed by atoms with E-state index >= 15 is 0 Å². The fourth-order valence-corrected chi connectivity index (χ4v) is 5.81. The number of benzene rings is 3. The highest BCUT2D eigenvalue weighted by molar-refractivity contribution is 6.74. The third-order valence-corrected chi connectivity index (χ3v) is 12.4. The van der Waals surface area contributed by atoms with Crippen LogP contribution >= 0.6 is 0 Å². The second kappa shape index (κ2) is 11.6. The first kappa shape index (κ1) is 27.0. The first-order chi connectivity index (χ1) is 17.7. The molecule has 3 aromatic carbocycles. The van der Waals surface area contributed by atoms with Crippen molar-refractivity contribution in [1.82, 2.24) is 5.32 Å². The topological polar surface area (TPSA) is 41.6 Å². The number of para-hydroxylation sites is 2. The molecule has 1 atom stereocenters. The predicted octanol–water partition coefficient (Wildman–Crippen LogP) is 8.26. The molecule has 37 heavy (non-hydrogen) atoms. The quantitative estimate of drug-likeness (QED) is 0.292. The van der Waals surface area contributed by atoms with Crippen molar-refractivity contribution in [3.8, 4) is 5.75 Å². The highest BCUT2D eigenvalue weighted by Crippen LogP contribution is 2.39. The third-order valence-electron chi connectivity index (χ3n) is 8.02. The van der Waals surface area contributed by atoms with E-state index in [1.807, 2.05) is 12.1 Å². The molecule has 0 bridgehead atoms. The Balaban J connectivity index is 1.67. The van der Waals surface area contributed by atoms with Crippen LogP contribution in [0, 0.1) is 5.92 Å². The zero-order valence-corrected chi connectivity index (χ0v) is 24.0. The van der Waals surface area contributed by atoms with Gasteiger partial charge in [-0.15, -0.1) is 0 Å². The molecule has 0 spiro atoms. The zero-order valence-electron chi connectivity index (χ0n) is 23.0. The lowest BCUT2D eigenvalue weighted by molar-refractivity contribution is -0.124. The molecular weight excluding hydrogens is 472 g/mol. The van der Waals surface area contributed by atoms with Gasteiger partial charge in [0.15, 0.2) is 0 Å². The number of carbonyl (C=O) groups is 1. The molecule has 0 radical (unpaired) electrons. The molecule has 4 rings (SSSR count). The van der Waals surface area contributed by atoms with Crippen molar-refractivity contribution in [2.24, 2.45) is 5.92 Å². The number of amides is 1. The van der Waals surface area contributed by atoms with Crippen LogP contribution < -0.4 is 14.6 Å². The van der Waals surface area contributed by atoms with Gasteiger partial charge < -0.3 is 14.6 Å². The Kier molecular flexibility index (Phi) is 8.43. The van der Waals surface area contributed by atoms with Crippen LogP contribution in [0.2, 0.25) is 18.1 Å². The summed E-state index contributed by atoms with van der Waals surface area (Å²) in [5.41, 5.74) is 3.33. The van der Waals surface area contributed by atoms with Crippen molar-refractivity contribution in [2.75, 3.05) is 11.4 Å². The van der Waals surface area contributed by atoms with Gasteiger partial charge in [-0.05, 0) is 72.9 Å². The summed E-state index contributed by atoms with van der Waals surface area (Å²) in [5.74, 6) is 1.24. The Hall–Kier alpha value is -3.05. The lowest BCUT2D eigenvalue weighted by Gasteiger charge is -2.37. The summed E-state index contributed by atoms with van der Waals surface area (Å²) in [6.45, 7) is 11.8. The Labute approximate surface area is 224 Å². The Bertz CT molecular complexity index is 1100. The maximum Gasteiger partial charge on any atom is 0.250 e. The summed E-state index contributed by atoms with van der Waals surface area (Å²) in [4.78, 5) is 15.4. The highest BCUT2D eigenvalue weighted by atomic mass is 28.4. The van der Waals surface area contributed by atoms with Gasteiger partial charge >= 0.3 is 0 Å². The van der Waals surface area contributed by atoms with Gasteiger partial charge in [0.25, 0.3) is 0 Å². The first-order valence-corrected chi connectivity index (χ1v) is 16.5. The number of nitrogens with zero attached hydrogens (tertiary/aromatic N) is 1. The standard InChI is InChI=1S/C32H42N2O2Si/c1-32(2,3)37(4,5)36-29-22-20-25(21-23-29)30(24-33-31(35)26-14-12-13-15-26)34(27-16-8-6-9-17-27)28-18-10-7-11-19-28/h6-11,16-23,26,30H,12-15,24H2,1-5H3,(H,33,35). The molecule has 196 valence electrons. The number of rotatable bonds is 9. The van der Waals surface area contributed by atoms with E-state index in [1.165, 1.54) is 0 Å². The van der Waals surface area contributed by atoms with Gasteiger partial charge in [-0.1, -0.05) is 82.1 Å². The van der Waals surface area contributed by atoms with Crippen molar-refractivity contribution in [2.45, 2.75) is 70.6 Å². The Morgan fingerprint density at radius 1 is 0.892 bits per heavy atom. The molecule has 0 saturated heterocycles. The van der Waals surface area contributed by atoms with Crippen LogP contribution in [-0.2, 0) is 4.79 Å². The molecule has 0 heterocycles. The zero-order chi connectivity index (χ0) is 26.5. The molecule has 0 aromatic heterocycles. The van der Waals surface area contributed by atoms with Gasteiger partial charge in [0.05, 0.1) is 6.04 Å². The Morgan fingerprint density at radius 2 is 1.41 bits per heavy atom. The summed E-state index contributed by atoms with van der Waals surface area (Å²) in [6.07, 6.45) is 4.29. The second-order valence-corrected chi connectivity index (χ2v) is 16.4. The molecule has 1 amide bonds. The minimum absolute atomic E-state index is 0.0722. The monoisotopic (exact) mass is 514 g/mol. The SMILES string of the molecule is CC(C)(C)[Si](C)(C)Oc1ccc(C(CNC(=O)C2CCCC2)N(c2ccccc2)c2ccccc2)cc1. The van der Waals surface area contributed by atoms with Gasteiger partial charge in [-0.25, -0.2) is 0 Å². The second-order valence-electron chi connectivity index (χ2n) is 11.7. The van der Waals surface area contributed by atoms with Crippen LogP contribution in [0.5, 0.6) is 5.75 Å². The summed E-state index contributed by atoms with van der Waals surface area (Å²) in [5, 5.41) is 3.45. The van der Waals surface area contributed by atoms with E-state index in [1.54, 1.807) is 0 Å². The average Bonchev–Trinajstić information content (AvgIpc) is 3.42. The normalized spacial score (nSPS) is 15.3. The maximum absolute atomic E-state index is 13.0. The minimum Gasteiger partial charge on any atom is -0.544 e. The predicted molar refractivity (Wildman–Crippen MR) is 157 cm³/mol. The van der Waals surface area contributed by atoms with E-state index in [4.69, 9.17) is 4.43 Å². The fraction of sp³-hybridized carbons (Fsp3) is 0.406. The molecule has 1 unspecified atom stereocenters. The van der Waals surface area contributed by atoms with Crippen LogP contribution in [0.15, 0.2) is 84.9 Å². The lowest BCUT2D eigenvalue weighted by atomic mass is 10.0. The molecule has 3 aromatic rings. The summed E-state index contributed by atoms with van der Waals surface area (Å²) < 4.78 is 6.55. The van der Waals surface area contributed by atoms with E-state index in [9.17, 15) is 4.79 Å². The van der Waals surface area contributed by atoms with Crippen LogP contribution in [0.1, 0.15) is 58.1 Å². The van der Waals surface area contributed by atoms with Gasteiger partial charge in [-0.2, -0.15) is 0 Å². The Morgan fingerprint density at radius 3 is 1.89 bits per heavy atom. The molecule has 1 aliphatic rings. The van der Waals surface area contributed by atoms with E-state index in [-0.39, 0.29) is 22.9 Å². The number of carbonyl (C=O) groups excluding carboxylic acids is 1. The van der Waals surface area contributed by atoms with Crippen molar-refractivity contribution in [1.29, 1.82) is 0 Å². The maximum atomic E-state index is 13.0. The third kappa shape index (κ3) is 6.64. The van der Waals surface area contributed by atoms with Gasteiger partial charge in [0.2, 0.25) is 14.2 Å². The molecule has 5 heteroatoms. The molecule has 1 saturated carbocycles. The van der Waals surface area contributed by atoms with Crippen molar-refractivity contribution < 1.29 is 9.22 Å². The van der Waals surface area contributed by atoms with Crippen LogP contribution in [0.4, 0.5) is 11.4 Å². The van der Waals surface area contributed by atoms with Crippen LogP contribution in [-0.4, -0.2) is 20.8 Å². The lowest BCUT2D eigenvalue weighted by Crippen LogP contribution is -2.43. The molecule has 0 aliphatic heterocycles. The van der Waals surface area contributed by atoms with Crippen LogP contribution in [0.25, 0.3) is 0 Å². The fourth-order valence-electron chi connectivity index (χ4n) is 4.78. The minimum atomic E-state index is -1.93. The van der Waals surface area contributed by atoms with Crippen LogP contribution in [0.3, 0.4) is 0 Å². The number of anilines is 2. The van der Waals surface area contributed by atoms with E-state index in [2.05, 4.69) is 117 Å². The molecular formula is C32H42N2O2Si. The van der Waals surface area contributed by atoms with E-state index in [0.717, 1.165) is 48.4 Å². The molecule has 1 fully saturated rings. The largest absolute Gasteiger partial charge is 0.544 e. The van der Waals surface area contributed by atoms with E-state index < -0.39 is 8.32 Å². The summed E-state index contributed by atoms with van der Waals surface area (Å²) >= 11 is 0. The van der Waals surface area contributed by atoms with Crippen molar-refractivity contribution >= 4 is 25.6 Å². The van der Waals surface area contributed by atoms with Gasteiger partial charge in [0.1, 0.15) is 5.75 Å². The van der Waals surface area contributed by atoms with Crippen molar-refractivity contribution in [3.63, 3.8) is 0 Å².